The van der Waals surface area contributed by atoms with E-state index in [9.17, 15) is 4.79 Å². The monoisotopic (exact) mass is 378 g/mol. The van der Waals surface area contributed by atoms with Crippen molar-refractivity contribution < 1.29 is 22.9 Å². The maximum Gasteiger partial charge on any atom is 0.276 e. The van der Waals surface area contributed by atoms with Gasteiger partial charge in [0.1, 0.15) is 17.3 Å². The molecule has 0 saturated heterocycles. The van der Waals surface area contributed by atoms with Crippen molar-refractivity contribution in [2.75, 3.05) is 7.11 Å². The topological polar surface area (TPSA) is 81.9 Å². The van der Waals surface area contributed by atoms with Gasteiger partial charge in [0.2, 0.25) is 0 Å². The zero-order valence-corrected chi connectivity index (χ0v) is 15.2. The largest absolute Gasteiger partial charge is 0.497 e. The van der Waals surface area contributed by atoms with Gasteiger partial charge in [-0.1, -0.05) is 5.16 Å². The zero-order chi connectivity index (χ0) is 19.3. The van der Waals surface area contributed by atoms with E-state index in [0.717, 1.165) is 11.3 Å². The highest BCUT2D eigenvalue weighted by molar-refractivity contribution is 5.93. The van der Waals surface area contributed by atoms with Crippen molar-refractivity contribution in [3.05, 3.63) is 84.3 Å². The van der Waals surface area contributed by atoms with E-state index < -0.39 is 0 Å². The Bertz CT molecular complexity index is 981. The predicted octanol–water partition coefficient (Wildman–Crippen LogP) is 4.38. The van der Waals surface area contributed by atoms with Gasteiger partial charge in [0, 0.05) is 11.6 Å². The summed E-state index contributed by atoms with van der Waals surface area (Å²) in [7, 11) is 1.60. The molecule has 3 heterocycles. The number of rotatable bonds is 7. The minimum absolute atomic E-state index is 0.212. The number of nitrogens with zero attached hydrogens (tertiary/aromatic N) is 2. The molecule has 28 heavy (non-hydrogen) atoms. The minimum atomic E-state index is -0.281. The number of carbonyl (C=O) groups excluding carboxylic acids is 1. The molecular weight excluding hydrogens is 360 g/mol. The van der Waals surface area contributed by atoms with Gasteiger partial charge in [-0.05, 0) is 48.5 Å². The molecule has 0 aliphatic carbocycles. The van der Waals surface area contributed by atoms with Crippen molar-refractivity contribution in [3.8, 4) is 17.1 Å². The van der Waals surface area contributed by atoms with Crippen LogP contribution in [0.15, 0.2) is 80.5 Å². The summed E-state index contributed by atoms with van der Waals surface area (Å²) in [6.45, 7) is 0.578. The van der Waals surface area contributed by atoms with Gasteiger partial charge in [0.15, 0.2) is 11.5 Å². The lowest BCUT2D eigenvalue weighted by Crippen LogP contribution is -2.30. The van der Waals surface area contributed by atoms with Gasteiger partial charge in [0.05, 0.1) is 32.7 Å². The minimum Gasteiger partial charge on any atom is -0.497 e. The third-order valence-electron chi connectivity index (χ3n) is 4.24. The second kappa shape index (κ2) is 7.87. The van der Waals surface area contributed by atoms with E-state index in [1.165, 1.54) is 0 Å². The number of aromatic nitrogens is 1. The lowest BCUT2D eigenvalue weighted by atomic mass is 10.1. The van der Waals surface area contributed by atoms with Crippen LogP contribution in [-0.4, -0.2) is 23.1 Å². The molecule has 0 spiro atoms. The van der Waals surface area contributed by atoms with Crippen LogP contribution < -0.4 is 4.74 Å². The fourth-order valence-electron chi connectivity index (χ4n) is 2.81. The summed E-state index contributed by atoms with van der Waals surface area (Å²) in [6.07, 6.45) is 3.14. The molecule has 0 N–H and O–H groups in total. The number of ether oxygens (including phenoxy) is 1. The predicted molar refractivity (Wildman–Crippen MR) is 99.5 cm³/mol. The van der Waals surface area contributed by atoms with E-state index in [2.05, 4.69) is 5.16 Å². The second-order valence-corrected chi connectivity index (χ2v) is 6.12. The molecule has 3 aromatic heterocycles. The molecule has 7 heteroatoms. The third kappa shape index (κ3) is 3.83. The van der Waals surface area contributed by atoms with Crippen LogP contribution in [0.25, 0.3) is 11.3 Å². The van der Waals surface area contributed by atoms with Crippen LogP contribution in [0.5, 0.6) is 5.75 Å². The molecular formula is C21H18N2O5. The first kappa shape index (κ1) is 17.7. The zero-order valence-electron chi connectivity index (χ0n) is 15.2. The lowest BCUT2D eigenvalue weighted by molar-refractivity contribution is 0.0694. The lowest BCUT2D eigenvalue weighted by Gasteiger charge is -2.19. The van der Waals surface area contributed by atoms with E-state index >= 15 is 0 Å². The molecule has 0 fully saturated rings. The van der Waals surface area contributed by atoms with Crippen molar-refractivity contribution in [3.63, 3.8) is 0 Å². The number of carbonyl (C=O) groups is 1. The first-order valence-electron chi connectivity index (χ1n) is 8.68. The van der Waals surface area contributed by atoms with E-state index in [-0.39, 0.29) is 24.7 Å². The molecule has 142 valence electrons. The smallest absolute Gasteiger partial charge is 0.276 e. The van der Waals surface area contributed by atoms with Gasteiger partial charge in [-0.3, -0.25) is 4.79 Å². The van der Waals surface area contributed by atoms with Gasteiger partial charge in [-0.2, -0.15) is 0 Å². The molecule has 4 rings (SSSR count). The van der Waals surface area contributed by atoms with Crippen LogP contribution in [0, 0.1) is 0 Å². The van der Waals surface area contributed by atoms with Crippen LogP contribution in [0.4, 0.5) is 0 Å². The Kier molecular flexibility index (Phi) is 4.97. The Morgan fingerprint density at radius 3 is 2.18 bits per heavy atom. The average molecular weight is 378 g/mol. The SMILES string of the molecule is COc1ccc(-c2cc(C(=O)N(Cc3ccco3)Cc3ccco3)no2)cc1. The summed E-state index contributed by atoms with van der Waals surface area (Å²) in [6, 6.07) is 16.1. The molecule has 4 aromatic rings. The standard InChI is InChI=1S/C21H18N2O5/c1-25-16-8-6-15(7-9-16)20-12-19(22-28-20)21(24)23(13-17-4-2-10-26-17)14-18-5-3-11-27-18/h2-12H,13-14H2,1H3. The fourth-order valence-corrected chi connectivity index (χ4v) is 2.81. The van der Waals surface area contributed by atoms with Crippen molar-refractivity contribution >= 4 is 5.91 Å². The molecule has 0 aliphatic heterocycles. The summed E-state index contributed by atoms with van der Waals surface area (Å²) >= 11 is 0. The van der Waals surface area contributed by atoms with Gasteiger partial charge < -0.3 is 23.0 Å². The Hall–Kier alpha value is -3.74. The summed E-state index contributed by atoms with van der Waals surface area (Å²) in [5, 5.41) is 3.96. The van der Waals surface area contributed by atoms with Gasteiger partial charge in [0.25, 0.3) is 5.91 Å². The first-order chi connectivity index (χ1) is 13.7. The van der Waals surface area contributed by atoms with E-state index in [1.807, 2.05) is 36.4 Å². The van der Waals surface area contributed by atoms with Crippen LogP contribution in [0.3, 0.4) is 0 Å². The van der Waals surface area contributed by atoms with Gasteiger partial charge >= 0.3 is 0 Å². The second-order valence-electron chi connectivity index (χ2n) is 6.12. The Morgan fingerprint density at radius 1 is 1.00 bits per heavy atom. The van der Waals surface area contributed by atoms with E-state index in [4.69, 9.17) is 18.1 Å². The number of furan rings is 2. The van der Waals surface area contributed by atoms with E-state index in [0.29, 0.717) is 17.3 Å². The van der Waals surface area contributed by atoms with Crippen molar-refractivity contribution in [2.24, 2.45) is 0 Å². The first-order valence-corrected chi connectivity index (χ1v) is 8.68. The summed E-state index contributed by atoms with van der Waals surface area (Å²) in [5.41, 5.74) is 1.01. The van der Waals surface area contributed by atoms with Crippen LogP contribution >= 0.6 is 0 Å². The highest BCUT2D eigenvalue weighted by atomic mass is 16.5. The van der Waals surface area contributed by atoms with Crippen LogP contribution in [0.2, 0.25) is 0 Å². The molecule has 0 unspecified atom stereocenters. The number of hydrogen-bond donors (Lipinski definition) is 0. The molecule has 1 aromatic carbocycles. The van der Waals surface area contributed by atoms with Crippen molar-refractivity contribution in [1.29, 1.82) is 0 Å². The summed E-state index contributed by atoms with van der Waals surface area (Å²) < 4.78 is 21.3. The molecule has 0 radical (unpaired) electrons. The molecule has 0 bridgehead atoms. The number of benzene rings is 1. The molecule has 0 aliphatic rings. The maximum atomic E-state index is 13.0. The Labute approximate surface area is 161 Å². The maximum absolute atomic E-state index is 13.0. The molecule has 7 nitrogen and oxygen atoms in total. The normalized spacial score (nSPS) is 10.8. The Balaban J connectivity index is 1.56. The third-order valence-corrected chi connectivity index (χ3v) is 4.24. The van der Waals surface area contributed by atoms with Gasteiger partial charge in [-0.15, -0.1) is 0 Å². The molecule has 0 atom stereocenters. The summed E-state index contributed by atoms with van der Waals surface area (Å²) in [4.78, 5) is 14.6. The van der Waals surface area contributed by atoms with E-state index in [1.54, 1.807) is 42.7 Å². The van der Waals surface area contributed by atoms with Crippen molar-refractivity contribution in [1.82, 2.24) is 10.1 Å². The fraction of sp³-hybridized carbons (Fsp3) is 0.143. The molecule has 0 saturated carbocycles. The van der Waals surface area contributed by atoms with Gasteiger partial charge in [-0.25, -0.2) is 0 Å². The number of hydrogen-bond acceptors (Lipinski definition) is 6. The summed E-state index contributed by atoms with van der Waals surface area (Å²) in [5.74, 6) is 2.29. The van der Waals surface area contributed by atoms with Crippen LogP contribution in [0.1, 0.15) is 22.0 Å². The number of methoxy groups -OCH3 is 1. The van der Waals surface area contributed by atoms with Crippen LogP contribution in [-0.2, 0) is 13.1 Å². The molecule has 1 amide bonds. The highest BCUT2D eigenvalue weighted by Crippen LogP contribution is 2.24. The quantitative estimate of drug-likeness (QED) is 0.475. The average Bonchev–Trinajstić information content (AvgIpc) is 3.49. The number of amides is 1. The Morgan fingerprint density at radius 2 is 1.64 bits per heavy atom. The highest BCUT2D eigenvalue weighted by Gasteiger charge is 2.22. The van der Waals surface area contributed by atoms with Crippen molar-refractivity contribution in [2.45, 2.75) is 13.1 Å².